The monoisotopic (exact) mass is 235 g/mol. The molecule has 1 fully saturated rings. The molecular formula is C14H25N3. The Morgan fingerprint density at radius 1 is 1.35 bits per heavy atom. The molecule has 0 saturated heterocycles. The average molecular weight is 235 g/mol. The third kappa shape index (κ3) is 3.56. The molecule has 1 N–H and O–H groups in total. The summed E-state index contributed by atoms with van der Waals surface area (Å²) in [5.41, 5.74) is 1.19. The van der Waals surface area contributed by atoms with Crippen LogP contribution in [0.4, 0.5) is 0 Å². The van der Waals surface area contributed by atoms with E-state index in [0.29, 0.717) is 6.04 Å². The fraction of sp³-hybridized carbons (Fsp3) is 0.786. The van der Waals surface area contributed by atoms with Gasteiger partial charge < -0.3 is 5.32 Å². The van der Waals surface area contributed by atoms with Crippen LogP contribution < -0.4 is 5.32 Å². The molecule has 0 spiro atoms. The van der Waals surface area contributed by atoms with E-state index < -0.39 is 0 Å². The minimum absolute atomic E-state index is 0.430. The van der Waals surface area contributed by atoms with E-state index in [-0.39, 0.29) is 0 Å². The highest BCUT2D eigenvalue weighted by molar-refractivity contribution is 5.05. The lowest BCUT2D eigenvalue weighted by Gasteiger charge is -2.20. The highest BCUT2D eigenvalue weighted by Gasteiger charge is 2.19. The van der Waals surface area contributed by atoms with Crippen molar-refractivity contribution in [3.63, 3.8) is 0 Å². The van der Waals surface area contributed by atoms with Crippen LogP contribution in [-0.4, -0.2) is 16.8 Å². The van der Waals surface area contributed by atoms with Crippen LogP contribution in [0.15, 0.2) is 12.3 Å². The Kier molecular flexibility index (Phi) is 4.60. The molecule has 0 aromatic carbocycles. The molecule has 1 aromatic rings. The van der Waals surface area contributed by atoms with Crippen LogP contribution in [0.25, 0.3) is 0 Å². The number of nitrogens with one attached hydrogen (secondary N) is 1. The van der Waals surface area contributed by atoms with Gasteiger partial charge in [0.25, 0.3) is 0 Å². The fourth-order valence-electron chi connectivity index (χ4n) is 2.94. The van der Waals surface area contributed by atoms with Gasteiger partial charge in [-0.1, -0.05) is 38.5 Å². The fourth-order valence-corrected chi connectivity index (χ4v) is 2.94. The minimum Gasteiger partial charge on any atom is -0.312 e. The van der Waals surface area contributed by atoms with Gasteiger partial charge in [-0.2, -0.15) is 5.10 Å². The highest BCUT2D eigenvalue weighted by Crippen LogP contribution is 2.30. The van der Waals surface area contributed by atoms with Crippen molar-refractivity contribution in [3.8, 4) is 0 Å². The molecule has 0 aliphatic heterocycles. The molecule has 1 aromatic heterocycles. The lowest BCUT2D eigenvalue weighted by Crippen LogP contribution is -2.20. The predicted octanol–water partition coefficient (Wildman–Crippen LogP) is 3.04. The summed E-state index contributed by atoms with van der Waals surface area (Å²) in [7, 11) is 4.04. The number of hydrogen-bond donors (Lipinski definition) is 1. The molecule has 1 unspecified atom stereocenters. The second kappa shape index (κ2) is 6.20. The molecule has 3 nitrogen and oxygen atoms in total. The third-order valence-electron chi connectivity index (χ3n) is 3.98. The Morgan fingerprint density at radius 3 is 2.59 bits per heavy atom. The Hall–Kier alpha value is -0.830. The lowest BCUT2D eigenvalue weighted by molar-refractivity contribution is 0.363. The molecule has 1 saturated carbocycles. The van der Waals surface area contributed by atoms with E-state index in [4.69, 9.17) is 0 Å². The number of nitrogens with zero attached hydrogens (tertiary/aromatic N) is 2. The van der Waals surface area contributed by atoms with Gasteiger partial charge in [0.05, 0.1) is 11.7 Å². The van der Waals surface area contributed by atoms with Crippen molar-refractivity contribution in [2.24, 2.45) is 13.0 Å². The maximum atomic E-state index is 4.52. The molecule has 0 radical (unpaired) electrons. The molecule has 2 rings (SSSR count). The second-order valence-corrected chi connectivity index (χ2v) is 5.35. The largest absolute Gasteiger partial charge is 0.312 e. The number of rotatable bonds is 4. The summed E-state index contributed by atoms with van der Waals surface area (Å²) in [6, 6.07) is 2.57. The van der Waals surface area contributed by atoms with E-state index in [0.717, 1.165) is 5.92 Å². The summed E-state index contributed by atoms with van der Waals surface area (Å²) in [5, 5.41) is 7.95. The normalized spacial score (nSPS) is 20.1. The topological polar surface area (TPSA) is 29.9 Å². The van der Waals surface area contributed by atoms with Crippen LogP contribution in [0.5, 0.6) is 0 Å². The Labute approximate surface area is 105 Å². The third-order valence-corrected chi connectivity index (χ3v) is 3.98. The Morgan fingerprint density at radius 2 is 2.06 bits per heavy atom. The van der Waals surface area contributed by atoms with Crippen LogP contribution in [0, 0.1) is 5.92 Å². The van der Waals surface area contributed by atoms with Gasteiger partial charge in [0.15, 0.2) is 0 Å². The van der Waals surface area contributed by atoms with Gasteiger partial charge in [-0.05, 0) is 25.5 Å². The first-order chi connectivity index (χ1) is 8.29. The zero-order valence-corrected chi connectivity index (χ0v) is 11.2. The quantitative estimate of drug-likeness (QED) is 0.813. The van der Waals surface area contributed by atoms with Gasteiger partial charge >= 0.3 is 0 Å². The predicted molar refractivity (Wildman–Crippen MR) is 70.8 cm³/mol. The van der Waals surface area contributed by atoms with E-state index in [1.165, 1.54) is 50.6 Å². The van der Waals surface area contributed by atoms with E-state index in [1.54, 1.807) is 0 Å². The summed E-state index contributed by atoms with van der Waals surface area (Å²) < 4.78 is 1.90. The van der Waals surface area contributed by atoms with Gasteiger partial charge in [0.1, 0.15) is 0 Å². The summed E-state index contributed by atoms with van der Waals surface area (Å²) in [6.07, 6.45) is 11.8. The van der Waals surface area contributed by atoms with E-state index in [2.05, 4.69) is 23.5 Å². The SMILES string of the molecule is CNC(CC1CCCCCC1)c1ccn(C)n1. The maximum Gasteiger partial charge on any atom is 0.0793 e. The smallest absolute Gasteiger partial charge is 0.0793 e. The maximum absolute atomic E-state index is 4.52. The molecular weight excluding hydrogens is 210 g/mol. The number of hydrogen-bond acceptors (Lipinski definition) is 2. The summed E-state index contributed by atoms with van der Waals surface area (Å²) in [5.74, 6) is 0.886. The highest BCUT2D eigenvalue weighted by atomic mass is 15.3. The van der Waals surface area contributed by atoms with E-state index >= 15 is 0 Å². The Balaban J connectivity index is 1.94. The molecule has 1 heterocycles. The minimum atomic E-state index is 0.430. The average Bonchev–Trinajstić information content (AvgIpc) is 2.62. The Bertz CT molecular complexity index is 324. The number of aryl methyl sites for hydroxylation is 1. The van der Waals surface area contributed by atoms with Crippen LogP contribution in [-0.2, 0) is 7.05 Å². The summed E-state index contributed by atoms with van der Waals surface area (Å²) >= 11 is 0. The summed E-state index contributed by atoms with van der Waals surface area (Å²) in [4.78, 5) is 0. The van der Waals surface area contributed by atoms with Crippen molar-refractivity contribution >= 4 is 0 Å². The van der Waals surface area contributed by atoms with Crippen molar-refractivity contribution in [2.75, 3.05) is 7.05 Å². The first-order valence-electron chi connectivity index (χ1n) is 6.96. The van der Waals surface area contributed by atoms with Crippen molar-refractivity contribution in [1.82, 2.24) is 15.1 Å². The van der Waals surface area contributed by atoms with Gasteiger partial charge in [0, 0.05) is 13.2 Å². The standard InChI is InChI=1S/C14H25N3/c1-15-14(13-9-10-17(2)16-13)11-12-7-5-3-4-6-8-12/h9-10,12,14-15H,3-8,11H2,1-2H3. The van der Waals surface area contributed by atoms with Crippen LogP contribution >= 0.6 is 0 Å². The summed E-state index contributed by atoms with van der Waals surface area (Å²) in [6.45, 7) is 0. The van der Waals surface area contributed by atoms with Crippen molar-refractivity contribution in [2.45, 2.75) is 51.0 Å². The van der Waals surface area contributed by atoms with E-state index in [1.807, 2.05) is 17.9 Å². The first kappa shape index (κ1) is 12.6. The van der Waals surface area contributed by atoms with Gasteiger partial charge in [-0.25, -0.2) is 0 Å². The van der Waals surface area contributed by atoms with Crippen LogP contribution in [0.1, 0.15) is 56.7 Å². The molecule has 17 heavy (non-hydrogen) atoms. The molecule has 96 valence electrons. The molecule has 0 bridgehead atoms. The van der Waals surface area contributed by atoms with Crippen molar-refractivity contribution in [1.29, 1.82) is 0 Å². The first-order valence-corrected chi connectivity index (χ1v) is 6.96. The van der Waals surface area contributed by atoms with Gasteiger partial charge in [-0.3, -0.25) is 4.68 Å². The molecule has 1 aliphatic rings. The number of aromatic nitrogens is 2. The lowest BCUT2D eigenvalue weighted by atomic mass is 9.91. The van der Waals surface area contributed by atoms with Gasteiger partial charge in [0.2, 0.25) is 0 Å². The van der Waals surface area contributed by atoms with Crippen molar-refractivity contribution in [3.05, 3.63) is 18.0 Å². The molecule has 3 heteroatoms. The molecule has 1 aliphatic carbocycles. The van der Waals surface area contributed by atoms with E-state index in [9.17, 15) is 0 Å². The zero-order chi connectivity index (χ0) is 12.1. The van der Waals surface area contributed by atoms with Crippen molar-refractivity contribution < 1.29 is 0 Å². The van der Waals surface area contributed by atoms with Gasteiger partial charge in [-0.15, -0.1) is 0 Å². The van der Waals surface area contributed by atoms with Crippen LogP contribution in [0.3, 0.4) is 0 Å². The second-order valence-electron chi connectivity index (χ2n) is 5.35. The molecule has 0 amide bonds. The molecule has 1 atom stereocenters. The zero-order valence-electron chi connectivity index (χ0n) is 11.2. The van der Waals surface area contributed by atoms with Crippen LogP contribution in [0.2, 0.25) is 0 Å².